The molecule has 0 heterocycles. The smallest absolute Gasteiger partial charge is 0.132 e. The summed E-state index contributed by atoms with van der Waals surface area (Å²) in [5.41, 5.74) is 10.1. The zero-order chi connectivity index (χ0) is 14.3. The van der Waals surface area contributed by atoms with Gasteiger partial charge in [-0.3, -0.25) is 5.32 Å². The SMILES string of the molecule is N#CC1(NCCCN=[N+]=[N-])CCCCc2ccccc21. The third kappa shape index (κ3) is 3.11. The van der Waals surface area contributed by atoms with Crippen LogP contribution in [0.3, 0.4) is 0 Å². The van der Waals surface area contributed by atoms with Crippen LogP contribution in [0.1, 0.15) is 36.8 Å². The van der Waals surface area contributed by atoms with Crippen molar-refractivity contribution in [1.29, 1.82) is 5.26 Å². The summed E-state index contributed by atoms with van der Waals surface area (Å²) >= 11 is 0. The van der Waals surface area contributed by atoms with E-state index in [1.807, 2.05) is 12.1 Å². The van der Waals surface area contributed by atoms with Crippen LogP contribution < -0.4 is 5.32 Å². The lowest BCUT2D eigenvalue weighted by molar-refractivity contribution is 0.390. The van der Waals surface area contributed by atoms with Gasteiger partial charge < -0.3 is 0 Å². The van der Waals surface area contributed by atoms with Crippen molar-refractivity contribution in [2.45, 2.75) is 37.6 Å². The number of hydrogen-bond donors (Lipinski definition) is 1. The molecule has 1 aliphatic carbocycles. The number of nitrogens with zero attached hydrogens (tertiary/aromatic N) is 4. The van der Waals surface area contributed by atoms with Crippen LogP contribution in [-0.2, 0) is 12.0 Å². The lowest BCUT2D eigenvalue weighted by Gasteiger charge is -2.28. The summed E-state index contributed by atoms with van der Waals surface area (Å²) in [5, 5.41) is 16.6. The minimum atomic E-state index is -0.594. The summed E-state index contributed by atoms with van der Waals surface area (Å²) in [5.74, 6) is 0. The zero-order valence-corrected chi connectivity index (χ0v) is 11.5. The van der Waals surface area contributed by atoms with Gasteiger partial charge in [0.1, 0.15) is 5.54 Å². The van der Waals surface area contributed by atoms with Gasteiger partial charge in [-0.25, -0.2) is 0 Å². The molecule has 20 heavy (non-hydrogen) atoms. The highest BCUT2D eigenvalue weighted by Gasteiger charge is 2.34. The molecule has 1 N–H and O–H groups in total. The Hall–Kier alpha value is -2.02. The molecule has 0 aromatic heterocycles. The van der Waals surface area contributed by atoms with Gasteiger partial charge in [-0.05, 0) is 55.3 Å². The molecule has 5 heteroatoms. The van der Waals surface area contributed by atoms with E-state index in [9.17, 15) is 5.26 Å². The molecule has 1 aromatic rings. The van der Waals surface area contributed by atoms with Crippen molar-refractivity contribution in [2.75, 3.05) is 13.1 Å². The predicted octanol–water partition coefficient (Wildman–Crippen LogP) is 3.42. The molecule has 0 saturated carbocycles. The summed E-state index contributed by atoms with van der Waals surface area (Å²) in [6.07, 6.45) is 4.80. The Balaban J connectivity index is 2.16. The highest BCUT2D eigenvalue weighted by Crippen LogP contribution is 2.33. The monoisotopic (exact) mass is 269 g/mol. The van der Waals surface area contributed by atoms with Gasteiger partial charge in [-0.2, -0.15) is 5.26 Å². The molecule has 5 nitrogen and oxygen atoms in total. The van der Waals surface area contributed by atoms with Gasteiger partial charge in [0.15, 0.2) is 0 Å². The molecule has 1 aliphatic rings. The van der Waals surface area contributed by atoms with Crippen molar-refractivity contribution in [3.63, 3.8) is 0 Å². The summed E-state index contributed by atoms with van der Waals surface area (Å²) < 4.78 is 0. The van der Waals surface area contributed by atoms with Crippen LogP contribution in [0.25, 0.3) is 10.4 Å². The first-order valence-corrected chi connectivity index (χ1v) is 7.08. The van der Waals surface area contributed by atoms with Gasteiger partial charge >= 0.3 is 0 Å². The van der Waals surface area contributed by atoms with Crippen LogP contribution >= 0.6 is 0 Å². The Labute approximate surface area is 119 Å². The molecule has 0 bridgehead atoms. The maximum atomic E-state index is 9.72. The van der Waals surface area contributed by atoms with Crippen molar-refractivity contribution < 1.29 is 0 Å². The molecular weight excluding hydrogens is 250 g/mol. The number of aryl methyl sites for hydroxylation is 1. The number of fused-ring (bicyclic) bond motifs is 1. The third-order valence-electron chi connectivity index (χ3n) is 3.84. The van der Waals surface area contributed by atoms with Gasteiger partial charge in [-0.1, -0.05) is 29.4 Å². The lowest BCUT2D eigenvalue weighted by atomic mass is 9.85. The highest BCUT2D eigenvalue weighted by atomic mass is 15.1. The fourth-order valence-corrected chi connectivity index (χ4v) is 2.83. The maximum absolute atomic E-state index is 9.72. The Morgan fingerprint density at radius 2 is 2.25 bits per heavy atom. The highest BCUT2D eigenvalue weighted by molar-refractivity contribution is 5.39. The second-order valence-corrected chi connectivity index (χ2v) is 5.12. The first-order valence-electron chi connectivity index (χ1n) is 7.08. The molecule has 1 unspecified atom stereocenters. The quantitative estimate of drug-likeness (QED) is 0.292. The van der Waals surface area contributed by atoms with Crippen molar-refractivity contribution in [3.8, 4) is 6.07 Å². The Kier molecular flexibility index (Phi) is 5.00. The van der Waals surface area contributed by atoms with Crippen LogP contribution in [0, 0.1) is 11.3 Å². The molecule has 0 spiro atoms. The number of hydrogen-bond acceptors (Lipinski definition) is 3. The Morgan fingerprint density at radius 3 is 3.05 bits per heavy atom. The molecule has 0 aliphatic heterocycles. The average Bonchev–Trinajstić information content (AvgIpc) is 2.68. The molecule has 104 valence electrons. The first kappa shape index (κ1) is 14.4. The number of azide groups is 1. The van der Waals surface area contributed by atoms with Gasteiger partial charge in [0.25, 0.3) is 0 Å². The fourth-order valence-electron chi connectivity index (χ4n) is 2.83. The van der Waals surface area contributed by atoms with E-state index in [0.717, 1.165) is 37.7 Å². The molecule has 1 aromatic carbocycles. The van der Waals surface area contributed by atoms with Crippen molar-refractivity contribution in [2.24, 2.45) is 5.11 Å². The van der Waals surface area contributed by atoms with E-state index in [-0.39, 0.29) is 0 Å². The van der Waals surface area contributed by atoms with Crippen LogP contribution in [0.15, 0.2) is 29.4 Å². The molecule has 0 fully saturated rings. The molecule has 0 radical (unpaired) electrons. The summed E-state index contributed by atoms with van der Waals surface area (Å²) in [7, 11) is 0. The van der Waals surface area contributed by atoms with Crippen molar-refractivity contribution in [3.05, 3.63) is 45.8 Å². The van der Waals surface area contributed by atoms with Gasteiger partial charge in [-0.15, -0.1) is 0 Å². The number of rotatable bonds is 5. The van der Waals surface area contributed by atoms with Gasteiger partial charge in [0.2, 0.25) is 0 Å². The normalized spacial score (nSPS) is 21.1. The Bertz CT molecular complexity index is 541. The number of nitriles is 1. The van der Waals surface area contributed by atoms with Crippen molar-refractivity contribution >= 4 is 0 Å². The average molecular weight is 269 g/mol. The summed E-state index contributed by atoms with van der Waals surface area (Å²) in [6, 6.07) is 10.7. The lowest BCUT2D eigenvalue weighted by Crippen LogP contribution is -2.42. The van der Waals surface area contributed by atoms with Crippen LogP contribution in [-0.4, -0.2) is 13.1 Å². The third-order valence-corrected chi connectivity index (χ3v) is 3.84. The largest absolute Gasteiger partial charge is 0.296 e. The second-order valence-electron chi connectivity index (χ2n) is 5.12. The first-order chi connectivity index (χ1) is 9.82. The van der Waals surface area contributed by atoms with Crippen LogP contribution in [0.4, 0.5) is 0 Å². The summed E-state index contributed by atoms with van der Waals surface area (Å²) in [6.45, 7) is 1.15. The zero-order valence-electron chi connectivity index (χ0n) is 11.5. The van der Waals surface area contributed by atoms with E-state index in [1.165, 1.54) is 5.56 Å². The molecular formula is C15H19N5. The van der Waals surface area contributed by atoms with E-state index < -0.39 is 5.54 Å². The second kappa shape index (κ2) is 6.95. The molecule has 0 saturated heterocycles. The minimum Gasteiger partial charge on any atom is -0.296 e. The molecule has 1 atom stereocenters. The predicted molar refractivity (Wildman–Crippen MR) is 77.9 cm³/mol. The van der Waals surface area contributed by atoms with Crippen molar-refractivity contribution in [1.82, 2.24) is 5.32 Å². The van der Waals surface area contributed by atoms with Crippen LogP contribution in [0.2, 0.25) is 0 Å². The minimum absolute atomic E-state index is 0.465. The summed E-state index contributed by atoms with van der Waals surface area (Å²) in [4.78, 5) is 2.74. The maximum Gasteiger partial charge on any atom is 0.132 e. The van der Waals surface area contributed by atoms with E-state index >= 15 is 0 Å². The topological polar surface area (TPSA) is 84.6 Å². The van der Waals surface area contributed by atoms with Gasteiger partial charge in [0, 0.05) is 11.5 Å². The Morgan fingerprint density at radius 1 is 1.40 bits per heavy atom. The molecule has 0 amide bonds. The number of benzene rings is 1. The van der Waals surface area contributed by atoms with E-state index in [2.05, 4.69) is 33.5 Å². The van der Waals surface area contributed by atoms with E-state index in [1.54, 1.807) is 0 Å². The van der Waals surface area contributed by atoms with Gasteiger partial charge in [0.05, 0.1) is 6.07 Å². The fraction of sp³-hybridized carbons (Fsp3) is 0.533. The van der Waals surface area contributed by atoms with E-state index in [4.69, 9.17) is 5.53 Å². The standard InChI is InChI=1S/C15H19N5/c16-12-15(18-10-5-11-19-20-17)9-4-3-7-13-6-1-2-8-14(13)15/h1-2,6,8,18H,3-5,7,9-11H2. The number of nitrogens with one attached hydrogen (secondary N) is 1. The van der Waals surface area contributed by atoms with E-state index in [0.29, 0.717) is 13.1 Å². The molecule has 2 rings (SSSR count). The van der Waals surface area contributed by atoms with Crippen LogP contribution in [0.5, 0.6) is 0 Å².